The minimum absolute atomic E-state index is 0.571. The van der Waals surface area contributed by atoms with Crippen molar-refractivity contribution in [1.29, 1.82) is 0 Å². The molecule has 0 aromatic heterocycles. The van der Waals surface area contributed by atoms with Gasteiger partial charge in [0.25, 0.3) is 0 Å². The van der Waals surface area contributed by atoms with Crippen molar-refractivity contribution < 1.29 is 4.74 Å². The quantitative estimate of drug-likeness (QED) is 0.901. The number of hydrogen-bond acceptors (Lipinski definition) is 3. The maximum atomic E-state index is 5.93. The first-order chi connectivity index (χ1) is 9.95. The van der Waals surface area contributed by atoms with E-state index in [-0.39, 0.29) is 0 Å². The van der Waals surface area contributed by atoms with Crippen LogP contribution in [-0.2, 0) is 0 Å². The van der Waals surface area contributed by atoms with Crippen molar-refractivity contribution in [2.45, 2.75) is 52.6 Å². The average molecular weight is 290 g/mol. The summed E-state index contributed by atoms with van der Waals surface area (Å²) in [6.07, 6.45) is 0. The number of aryl methyl sites for hydroxylation is 1. The number of hydrogen-bond donors (Lipinski definition) is 1. The Bertz CT molecular complexity index is 449. The third kappa shape index (κ3) is 4.72. The summed E-state index contributed by atoms with van der Waals surface area (Å²) in [5.41, 5.74) is 2.74. The van der Waals surface area contributed by atoms with Gasteiger partial charge in [0.1, 0.15) is 12.4 Å². The van der Waals surface area contributed by atoms with Gasteiger partial charge in [0.15, 0.2) is 0 Å². The maximum absolute atomic E-state index is 5.93. The molecule has 0 saturated carbocycles. The van der Waals surface area contributed by atoms with Crippen molar-refractivity contribution in [2.75, 3.05) is 26.2 Å². The largest absolute Gasteiger partial charge is 0.492 e. The van der Waals surface area contributed by atoms with Crippen molar-refractivity contribution >= 4 is 0 Å². The van der Waals surface area contributed by atoms with Gasteiger partial charge < -0.3 is 10.1 Å². The van der Waals surface area contributed by atoms with Gasteiger partial charge in [-0.2, -0.15) is 0 Å². The number of rotatable bonds is 5. The SMILES string of the molecule is Cc1cc(OCCN2CC(C)NC(C)C2)ccc1C(C)C. The van der Waals surface area contributed by atoms with Crippen LogP contribution in [0.4, 0.5) is 0 Å². The number of benzene rings is 1. The smallest absolute Gasteiger partial charge is 0.119 e. The topological polar surface area (TPSA) is 24.5 Å². The van der Waals surface area contributed by atoms with Crippen LogP contribution in [0.15, 0.2) is 18.2 Å². The average Bonchev–Trinajstić information content (AvgIpc) is 2.37. The highest BCUT2D eigenvalue weighted by Crippen LogP contribution is 2.23. The zero-order chi connectivity index (χ0) is 15.4. The van der Waals surface area contributed by atoms with Gasteiger partial charge in [0, 0.05) is 31.7 Å². The molecule has 1 heterocycles. The fourth-order valence-electron chi connectivity index (χ4n) is 3.30. The van der Waals surface area contributed by atoms with Crippen LogP contribution in [0.1, 0.15) is 44.7 Å². The van der Waals surface area contributed by atoms with Crippen LogP contribution >= 0.6 is 0 Å². The van der Waals surface area contributed by atoms with Crippen LogP contribution in [0.3, 0.4) is 0 Å². The van der Waals surface area contributed by atoms with Crippen molar-refractivity contribution in [3.05, 3.63) is 29.3 Å². The Morgan fingerprint density at radius 2 is 1.90 bits per heavy atom. The van der Waals surface area contributed by atoms with E-state index in [2.05, 4.69) is 63.0 Å². The lowest BCUT2D eigenvalue weighted by molar-refractivity contribution is 0.146. The fraction of sp³-hybridized carbons (Fsp3) is 0.667. The molecule has 1 aromatic rings. The summed E-state index contributed by atoms with van der Waals surface area (Å²) in [7, 11) is 0. The van der Waals surface area contributed by atoms with Gasteiger partial charge >= 0.3 is 0 Å². The van der Waals surface area contributed by atoms with Gasteiger partial charge in [0.2, 0.25) is 0 Å². The Hall–Kier alpha value is -1.06. The number of nitrogens with one attached hydrogen (secondary N) is 1. The van der Waals surface area contributed by atoms with Crippen LogP contribution in [0.25, 0.3) is 0 Å². The molecule has 0 spiro atoms. The summed E-state index contributed by atoms with van der Waals surface area (Å²) in [6, 6.07) is 7.61. The first-order valence-electron chi connectivity index (χ1n) is 8.17. The third-order valence-electron chi connectivity index (χ3n) is 4.17. The van der Waals surface area contributed by atoms with Crippen molar-refractivity contribution in [1.82, 2.24) is 10.2 Å². The molecule has 2 rings (SSSR count). The maximum Gasteiger partial charge on any atom is 0.119 e. The first-order valence-corrected chi connectivity index (χ1v) is 8.17. The van der Waals surface area contributed by atoms with Crippen molar-refractivity contribution in [2.24, 2.45) is 0 Å². The molecule has 1 aliphatic rings. The highest BCUT2D eigenvalue weighted by Gasteiger charge is 2.20. The van der Waals surface area contributed by atoms with E-state index < -0.39 is 0 Å². The van der Waals surface area contributed by atoms with Crippen molar-refractivity contribution in [3.63, 3.8) is 0 Å². The first kappa shape index (κ1) is 16.3. The lowest BCUT2D eigenvalue weighted by atomic mass is 9.98. The highest BCUT2D eigenvalue weighted by molar-refractivity contribution is 5.36. The minimum Gasteiger partial charge on any atom is -0.492 e. The summed E-state index contributed by atoms with van der Waals surface area (Å²) in [5.74, 6) is 1.57. The van der Waals surface area contributed by atoms with E-state index in [1.165, 1.54) is 11.1 Å². The van der Waals surface area contributed by atoms with Gasteiger partial charge in [-0.05, 0) is 49.9 Å². The number of nitrogens with zero attached hydrogens (tertiary/aromatic N) is 1. The predicted octanol–water partition coefficient (Wildman–Crippen LogP) is 3.18. The molecular formula is C18H30N2O. The van der Waals surface area contributed by atoms with Gasteiger partial charge in [-0.25, -0.2) is 0 Å². The highest BCUT2D eigenvalue weighted by atomic mass is 16.5. The Morgan fingerprint density at radius 1 is 1.24 bits per heavy atom. The lowest BCUT2D eigenvalue weighted by Gasteiger charge is -2.35. The molecule has 3 nitrogen and oxygen atoms in total. The number of piperazine rings is 1. The Kier molecular flexibility index (Phi) is 5.65. The van der Waals surface area contributed by atoms with E-state index in [1.54, 1.807) is 0 Å². The molecule has 2 atom stereocenters. The summed E-state index contributed by atoms with van der Waals surface area (Å²) >= 11 is 0. The molecule has 0 aliphatic carbocycles. The van der Waals surface area contributed by atoms with Crippen LogP contribution in [0, 0.1) is 6.92 Å². The van der Waals surface area contributed by atoms with Crippen LogP contribution in [0.2, 0.25) is 0 Å². The molecule has 1 aromatic carbocycles. The second kappa shape index (κ2) is 7.28. The molecular weight excluding hydrogens is 260 g/mol. The van der Waals surface area contributed by atoms with Crippen LogP contribution in [0.5, 0.6) is 5.75 Å². The summed E-state index contributed by atoms with van der Waals surface area (Å²) in [6.45, 7) is 15.1. The molecule has 0 radical (unpaired) electrons. The summed E-state index contributed by atoms with van der Waals surface area (Å²) in [4.78, 5) is 2.49. The molecule has 3 heteroatoms. The molecule has 1 N–H and O–H groups in total. The van der Waals surface area contributed by atoms with E-state index in [1.807, 2.05) is 0 Å². The normalized spacial score (nSPS) is 23.5. The number of ether oxygens (including phenoxy) is 1. The monoisotopic (exact) mass is 290 g/mol. The van der Waals surface area contributed by atoms with E-state index in [0.717, 1.165) is 32.0 Å². The molecule has 0 amide bonds. The molecule has 118 valence electrons. The molecule has 1 saturated heterocycles. The van der Waals surface area contributed by atoms with Gasteiger partial charge in [-0.1, -0.05) is 19.9 Å². The standard InChI is InChI=1S/C18H30N2O/c1-13(2)18-7-6-17(10-14(18)3)21-9-8-20-11-15(4)19-16(5)12-20/h6-7,10,13,15-16,19H,8-9,11-12H2,1-5H3. The molecule has 2 unspecified atom stereocenters. The minimum atomic E-state index is 0.571. The molecule has 1 aliphatic heterocycles. The summed E-state index contributed by atoms with van der Waals surface area (Å²) < 4.78 is 5.93. The molecule has 21 heavy (non-hydrogen) atoms. The second-order valence-corrected chi connectivity index (χ2v) is 6.75. The van der Waals surface area contributed by atoms with Gasteiger partial charge in [-0.3, -0.25) is 4.90 Å². The predicted molar refractivity (Wildman–Crippen MR) is 89.3 cm³/mol. The second-order valence-electron chi connectivity index (χ2n) is 6.75. The summed E-state index contributed by atoms with van der Waals surface area (Å²) in [5, 5.41) is 3.56. The lowest BCUT2D eigenvalue weighted by Crippen LogP contribution is -2.54. The molecule has 1 fully saturated rings. The zero-order valence-electron chi connectivity index (χ0n) is 14.1. The Morgan fingerprint density at radius 3 is 2.48 bits per heavy atom. The van der Waals surface area contributed by atoms with E-state index in [0.29, 0.717) is 18.0 Å². The van der Waals surface area contributed by atoms with E-state index in [9.17, 15) is 0 Å². The van der Waals surface area contributed by atoms with Crippen molar-refractivity contribution in [3.8, 4) is 5.75 Å². The third-order valence-corrected chi connectivity index (χ3v) is 4.17. The molecule has 0 bridgehead atoms. The zero-order valence-corrected chi connectivity index (χ0v) is 14.1. The van der Waals surface area contributed by atoms with Crippen LogP contribution in [-0.4, -0.2) is 43.2 Å². The van der Waals surface area contributed by atoms with Gasteiger partial charge in [-0.15, -0.1) is 0 Å². The van der Waals surface area contributed by atoms with E-state index in [4.69, 9.17) is 4.74 Å². The Labute approximate surface area is 129 Å². The Balaban J connectivity index is 1.82. The van der Waals surface area contributed by atoms with Crippen LogP contribution < -0.4 is 10.1 Å². The fourth-order valence-corrected chi connectivity index (χ4v) is 3.30. The van der Waals surface area contributed by atoms with Gasteiger partial charge in [0.05, 0.1) is 0 Å². The van der Waals surface area contributed by atoms with E-state index >= 15 is 0 Å².